The fourth-order valence-corrected chi connectivity index (χ4v) is 4.16. The SMILES string of the molecule is CCc1ncccc1C(=O)N1CCC(c2c(O)cccc2CNC(=O)OC(C)(C)C)CC1. The number of alkyl carbamates (subject to hydrolysis) is 1. The summed E-state index contributed by atoms with van der Waals surface area (Å²) in [4.78, 5) is 31.3. The quantitative estimate of drug-likeness (QED) is 0.721. The van der Waals surface area contributed by atoms with Crippen molar-refractivity contribution in [1.29, 1.82) is 0 Å². The van der Waals surface area contributed by atoms with E-state index in [4.69, 9.17) is 4.74 Å². The van der Waals surface area contributed by atoms with Crippen LogP contribution in [-0.2, 0) is 17.7 Å². The Bertz CT molecular complexity index is 960. The van der Waals surface area contributed by atoms with Crippen molar-refractivity contribution < 1.29 is 19.4 Å². The Hall–Kier alpha value is -3.09. The summed E-state index contributed by atoms with van der Waals surface area (Å²) in [5.74, 6) is 0.339. The van der Waals surface area contributed by atoms with Gasteiger partial charge in [-0.3, -0.25) is 9.78 Å². The molecule has 0 aliphatic carbocycles. The predicted octanol–water partition coefficient (Wildman–Crippen LogP) is 4.39. The van der Waals surface area contributed by atoms with Crippen LogP contribution in [0, 0.1) is 0 Å². The van der Waals surface area contributed by atoms with Crippen LogP contribution in [0.4, 0.5) is 4.79 Å². The van der Waals surface area contributed by atoms with Crippen LogP contribution in [0.3, 0.4) is 0 Å². The minimum Gasteiger partial charge on any atom is -0.508 e. The topological polar surface area (TPSA) is 91.8 Å². The molecule has 1 saturated heterocycles. The van der Waals surface area contributed by atoms with Gasteiger partial charge < -0.3 is 20.1 Å². The number of hydrogen-bond donors (Lipinski definition) is 2. The van der Waals surface area contributed by atoms with Crippen LogP contribution in [0.1, 0.15) is 73.6 Å². The molecule has 0 radical (unpaired) electrons. The lowest BCUT2D eigenvalue weighted by molar-refractivity contribution is 0.0522. The summed E-state index contributed by atoms with van der Waals surface area (Å²) in [6.45, 7) is 8.93. The number of aryl methyl sites for hydroxylation is 1. The highest BCUT2D eigenvalue weighted by molar-refractivity contribution is 5.95. The van der Waals surface area contributed by atoms with Crippen LogP contribution >= 0.6 is 0 Å². The first-order chi connectivity index (χ1) is 15.2. The third-order valence-electron chi connectivity index (χ3n) is 5.64. The number of likely N-dealkylation sites (tertiary alicyclic amines) is 1. The molecule has 0 atom stereocenters. The minimum atomic E-state index is -0.572. The fourth-order valence-electron chi connectivity index (χ4n) is 4.16. The summed E-state index contributed by atoms with van der Waals surface area (Å²) < 4.78 is 5.31. The third-order valence-corrected chi connectivity index (χ3v) is 5.64. The highest BCUT2D eigenvalue weighted by atomic mass is 16.6. The second kappa shape index (κ2) is 10.0. The van der Waals surface area contributed by atoms with Gasteiger partial charge in [-0.2, -0.15) is 0 Å². The number of hydrogen-bond acceptors (Lipinski definition) is 5. The zero-order chi connectivity index (χ0) is 23.3. The van der Waals surface area contributed by atoms with Gasteiger partial charge in [-0.25, -0.2) is 4.79 Å². The zero-order valence-electron chi connectivity index (χ0n) is 19.4. The number of carbonyl (C=O) groups excluding carboxylic acids is 2. The summed E-state index contributed by atoms with van der Waals surface area (Å²) in [7, 11) is 0. The number of aromatic nitrogens is 1. The molecular weight excluding hydrogens is 406 g/mol. The summed E-state index contributed by atoms with van der Waals surface area (Å²) in [5.41, 5.74) is 2.61. The number of phenols is 1. The molecule has 1 aliphatic rings. The molecule has 32 heavy (non-hydrogen) atoms. The second-order valence-corrected chi connectivity index (χ2v) is 9.12. The molecule has 0 bridgehead atoms. The molecule has 1 fully saturated rings. The van der Waals surface area contributed by atoms with E-state index in [9.17, 15) is 14.7 Å². The maximum Gasteiger partial charge on any atom is 0.407 e. The molecule has 1 aromatic carbocycles. The van der Waals surface area contributed by atoms with Crippen molar-refractivity contribution in [1.82, 2.24) is 15.2 Å². The number of aromatic hydroxyl groups is 1. The Labute approximate surface area is 189 Å². The second-order valence-electron chi connectivity index (χ2n) is 9.12. The number of pyridine rings is 1. The van der Waals surface area contributed by atoms with Crippen LogP contribution in [-0.4, -0.2) is 45.7 Å². The first kappa shape index (κ1) is 23.6. The molecule has 2 amide bonds. The van der Waals surface area contributed by atoms with Crippen molar-refractivity contribution in [3.8, 4) is 5.75 Å². The van der Waals surface area contributed by atoms with Gasteiger partial charge in [-0.15, -0.1) is 0 Å². The van der Waals surface area contributed by atoms with Gasteiger partial charge in [0.1, 0.15) is 11.4 Å². The van der Waals surface area contributed by atoms with Crippen LogP contribution in [0.15, 0.2) is 36.5 Å². The molecule has 2 heterocycles. The fraction of sp³-hybridized carbons (Fsp3) is 0.480. The first-order valence-electron chi connectivity index (χ1n) is 11.2. The van der Waals surface area contributed by atoms with Crippen molar-refractivity contribution in [2.24, 2.45) is 0 Å². The lowest BCUT2D eigenvalue weighted by atomic mass is 9.85. The Kier molecular flexibility index (Phi) is 7.38. The molecule has 7 heteroatoms. The molecule has 1 aromatic heterocycles. The first-order valence-corrected chi connectivity index (χ1v) is 11.2. The van der Waals surface area contributed by atoms with Gasteiger partial charge in [-0.1, -0.05) is 19.1 Å². The van der Waals surface area contributed by atoms with E-state index >= 15 is 0 Å². The van der Waals surface area contributed by atoms with E-state index in [0.717, 1.165) is 29.7 Å². The largest absolute Gasteiger partial charge is 0.508 e. The zero-order valence-corrected chi connectivity index (χ0v) is 19.4. The highest BCUT2D eigenvalue weighted by Gasteiger charge is 2.28. The number of nitrogens with zero attached hydrogens (tertiary/aromatic N) is 2. The number of rotatable bonds is 5. The Morgan fingerprint density at radius 3 is 2.56 bits per heavy atom. The molecule has 0 spiro atoms. The predicted molar refractivity (Wildman–Crippen MR) is 123 cm³/mol. The van der Waals surface area contributed by atoms with Gasteiger partial charge in [0.05, 0.1) is 11.3 Å². The standard InChI is InChI=1S/C25H33N3O4/c1-5-20-19(9-7-13-26-20)23(30)28-14-11-17(12-15-28)22-18(8-6-10-21(22)29)16-27-24(31)32-25(2,3)4/h6-10,13,17,29H,5,11-12,14-16H2,1-4H3,(H,27,31). The number of nitrogens with one attached hydrogen (secondary N) is 1. The van der Waals surface area contributed by atoms with E-state index in [1.807, 2.05) is 44.7 Å². The molecular formula is C25H33N3O4. The number of benzene rings is 1. The van der Waals surface area contributed by atoms with Crippen LogP contribution < -0.4 is 5.32 Å². The summed E-state index contributed by atoms with van der Waals surface area (Å²) in [6, 6.07) is 8.99. The lowest BCUT2D eigenvalue weighted by Crippen LogP contribution is -2.38. The molecule has 7 nitrogen and oxygen atoms in total. The van der Waals surface area contributed by atoms with Crippen LogP contribution in [0.5, 0.6) is 5.75 Å². The number of piperidine rings is 1. The Balaban J connectivity index is 1.67. The Morgan fingerprint density at radius 1 is 1.19 bits per heavy atom. The third kappa shape index (κ3) is 5.78. The van der Waals surface area contributed by atoms with Crippen molar-refractivity contribution >= 4 is 12.0 Å². The maximum absolute atomic E-state index is 13.0. The molecule has 1 aliphatic heterocycles. The highest BCUT2D eigenvalue weighted by Crippen LogP contribution is 2.36. The number of phenolic OH excluding ortho intramolecular Hbond substituents is 1. The van der Waals surface area contributed by atoms with Crippen molar-refractivity contribution in [2.45, 2.75) is 65.0 Å². The van der Waals surface area contributed by atoms with E-state index < -0.39 is 11.7 Å². The summed E-state index contributed by atoms with van der Waals surface area (Å²) in [5, 5.41) is 13.4. The van der Waals surface area contributed by atoms with Gasteiger partial charge in [0.2, 0.25) is 0 Å². The molecule has 3 rings (SSSR count). The van der Waals surface area contributed by atoms with Gasteiger partial charge in [0.15, 0.2) is 0 Å². The van der Waals surface area contributed by atoms with E-state index in [2.05, 4.69) is 10.3 Å². The van der Waals surface area contributed by atoms with E-state index in [1.165, 1.54) is 0 Å². The van der Waals surface area contributed by atoms with Crippen molar-refractivity contribution in [3.63, 3.8) is 0 Å². The number of amides is 2. The molecule has 2 aromatic rings. The lowest BCUT2D eigenvalue weighted by Gasteiger charge is -2.33. The van der Waals surface area contributed by atoms with Gasteiger partial charge in [0, 0.05) is 31.4 Å². The summed E-state index contributed by atoms with van der Waals surface area (Å²) >= 11 is 0. The normalized spacial score (nSPS) is 14.8. The minimum absolute atomic E-state index is 0.0116. The van der Waals surface area contributed by atoms with Gasteiger partial charge >= 0.3 is 6.09 Å². The monoisotopic (exact) mass is 439 g/mol. The van der Waals surface area contributed by atoms with Gasteiger partial charge in [0.25, 0.3) is 5.91 Å². The van der Waals surface area contributed by atoms with Gasteiger partial charge in [-0.05, 0) is 69.7 Å². The van der Waals surface area contributed by atoms with Crippen LogP contribution in [0.25, 0.3) is 0 Å². The average Bonchev–Trinajstić information content (AvgIpc) is 2.76. The number of ether oxygens (including phenoxy) is 1. The van der Waals surface area contributed by atoms with Crippen molar-refractivity contribution in [3.05, 3.63) is 58.9 Å². The van der Waals surface area contributed by atoms with Crippen molar-refractivity contribution in [2.75, 3.05) is 13.1 Å². The van der Waals surface area contributed by atoms with E-state index in [-0.39, 0.29) is 24.1 Å². The Morgan fingerprint density at radius 2 is 1.91 bits per heavy atom. The maximum atomic E-state index is 13.0. The van der Waals surface area contributed by atoms with E-state index in [0.29, 0.717) is 25.1 Å². The van der Waals surface area contributed by atoms with Crippen LogP contribution in [0.2, 0.25) is 0 Å². The molecule has 0 saturated carbocycles. The van der Waals surface area contributed by atoms with E-state index in [1.54, 1.807) is 24.4 Å². The summed E-state index contributed by atoms with van der Waals surface area (Å²) in [6.07, 6.45) is 3.42. The number of carbonyl (C=O) groups is 2. The average molecular weight is 440 g/mol. The molecule has 0 unspecified atom stereocenters. The smallest absolute Gasteiger partial charge is 0.407 e. The molecule has 172 valence electrons. The molecule has 2 N–H and O–H groups in total.